The highest BCUT2D eigenvalue weighted by Crippen LogP contribution is 2.35. The Hall–Kier alpha value is -0.570. The standard InChI is InChI=1S/C13H25NO2/c1-9(2)6-11(12(15)16)14-7-10(8-14)13(3,4)5/h9-11H,6-8H2,1-5H3,(H,15,16). The molecule has 1 aliphatic heterocycles. The van der Waals surface area contributed by atoms with Crippen LogP contribution in [0.5, 0.6) is 0 Å². The average Bonchev–Trinajstić information content (AvgIpc) is 1.95. The topological polar surface area (TPSA) is 40.5 Å². The van der Waals surface area contributed by atoms with Crippen LogP contribution in [-0.2, 0) is 4.79 Å². The van der Waals surface area contributed by atoms with Gasteiger partial charge in [0.05, 0.1) is 0 Å². The second kappa shape index (κ2) is 4.74. The van der Waals surface area contributed by atoms with Crippen LogP contribution in [0.2, 0.25) is 0 Å². The van der Waals surface area contributed by atoms with Gasteiger partial charge in [0.15, 0.2) is 0 Å². The molecule has 1 saturated heterocycles. The van der Waals surface area contributed by atoms with Gasteiger partial charge in [-0.05, 0) is 23.7 Å². The van der Waals surface area contributed by atoms with Crippen LogP contribution in [0.1, 0.15) is 41.0 Å². The van der Waals surface area contributed by atoms with Crippen molar-refractivity contribution in [1.29, 1.82) is 0 Å². The Kier molecular flexibility index (Phi) is 4.00. The number of carboxylic acid groups (broad SMARTS) is 1. The molecule has 0 amide bonds. The summed E-state index contributed by atoms with van der Waals surface area (Å²) >= 11 is 0. The Labute approximate surface area is 98.8 Å². The summed E-state index contributed by atoms with van der Waals surface area (Å²) in [5.74, 6) is 0.414. The molecule has 0 radical (unpaired) electrons. The van der Waals surface area contributed by atoms with Crippen LogP contribution < -0.4 is 0 Å². The van der Waals surface area contributed by atoms with E-state index in [9.17, 15) is 9.90 Å². The van der Waals surface area contributed by atoms with E-state index in [1.165, 1.54) is 0 Å². The summed E-state index contributed by atoms with van der Waals surface area (Å²) in [5.41, 5.74) is 0.303. The Bertz CT molecular complexity index is 249. The van der Waals surface area contributed by atoms with E-state index in [-0.39, 0.29) is 6.04 Å². The third kappa shape index (κ3) is 3.21. The SMILES string of the molecule is CC(C)CC(C(=O)O)N1CC(C(C)(C)C)C1. The second-order valence-corrected chi connectivity index (χ2v) is 6.50. The van der Waals surface area contributed by atoms with Crippen molar-refractivity contribution < 1.29 is 9.90 Å². The van der Waals surface area contributed by atoms with E-state index < -0.39 is 5.97 Å². The number of carbonyl (C=O) groups is 1. The quantitative estimate of drug-likeness (QED) is 0.802. The van der Waals surface area contributed by atoms with Gasteiger partial charge in [0, 0.05) is 13.1 Å². The van der Waals surface area contributed by atoms with Gasteiger partial charge in [0.25, 0.3) is 0 Å². The zero-order valence-corrected chi connectivity index (χ0v) is 11.2. The Morgan fingerprint density at radius 2 is 1.88 bits per heavy atom. The summed E-state index contributed by atoms with van der Waals surface area (Å²) < 4.78 is 0. The smallest absolute Gasteiger partial charge is 0.320 e. The molecule has 3 heteroatoms. The van der Waals surface area contributed by atoms with E-state index in [1.54, 1.807) is 0 Å². The van der Waals surface area contributed by atoms with Crippen LogP contribution in [0.4, 0.5) is 0 Å². The first-order valence-electron chi connectivity index (χ1n) is 6.18. The summed E-state index contributed by atoms with van der Waals surface area (Å²) in [6.45, 7) is 12.7. The van der Waals surface area contributed by atoms with Crippen LogP contribution in [0.25, 0.3) is 0 Å². The first-order chi connectivity index (χ1) is 7.21. The minimum atomic E-state index is -0.666. The summed E-state index contributed by atoms with van der Waals surface area (Å²) in [6.07, 6.45) is 0.756. The molecule has 1 rings (SSSR count). The molecule has 0 aromatic carbocycles. The molecule has 3 nitrogen and oxygen atoms in total. The molecule has 1 heterocycles. The number of carboxylic acids is 1. The number of aliphatic carboxylic acids is 1. The molecule has 0 aromatic rings. The number of hydrogen-bond donors (Lipinski definition) is 1. The lowest BCUT2D eigenvalue weighted by Gasteiger charge is -2.49. The van der Waals surface area contributed by atoms with Gasteiger partial charge in [-0.25, -0.2) is 0 Å². The number of nitrogens with zero attached hydrogens (tertiary/aromatic N) is 1. The van der Waals surface area contributed by atoms with Crippen LogP contribution in [0, 0.1) is 17.3 Å². The van der Waals surface area contributed by atoms with E-state index in [4.69, 9.17) is 0 Å². The highest BCUT2D eigenvalue weighted by atomic mass is 16.4. The molecule has 0 spiro atoms. The van der Waals surface area contributed by atoms with Crippen molar-refractivity contribution in [3.8, 4) is 0 Å². The summed E-state index contributed by atoms with van der Waals surface area (Å²) in [4.78, 5) is 13.3. The van der Waals surface area contributed by atoms with Crippen molar-refractivity contribution in [2.45, 2.75) is 47.1 Å². The van der Waals surface area contributed by atoms with Gasteiger partial charge in [-0.3, -0.25) is 9.69 Å². The lowest BCUT2D eigenvalue weighted by atomic mass is 9.75. The zero-order chi connectivity index (χ0) is 12.5. The maximum Gasteiger partial charge on any atom is 0.320 e. The van der Waals surface area contributed by atoms with Crippen LogP contribution in [-0.4, -0.2) is 35.1 Å². The van der Waals surface area contributed by atoms with E-state index in [2.05, 4.69) is 39.5 Å². The first-order valence-corrected chi connectivity index (χ1v) is 6.18. The molecule has 0 saturated carbocycles. The molecule has 0 bridgehead atoms. The van der Waals surface area contributed by atoms with Crippen molar-refractivity contribution in [3.63, 3.8) is 0 Å². The van der Waals surface area contributed by atoms with Crippen molar-refractivity contribution in [2.24, 2.45) is 17.3 Å². The molecular formula is C13H25NO2. The molecule has 1 unspecified atom stereocenters. The Morgan fingerprint density at radius 3 is 2.19 bits per heavy atom. The highest BCUT2D eigenvalue weighted by Gasteiger charge is 2.41. The summed E-state index contributed by atoms with van der Waals surface area (Å²) in [7, 11) is 0. The predicted octanol–water partition coefficient (Wildman–Crippen LogP) is 2.46. The maximum atomic E-state index is 11.2. The molecule has 16 heavy (non-hydrogen) atoms. The van der Waals surface area contributed by atoms with E-state index in [1.807, 2.05) is 0 Å². The normalized spacial score (nSPS) is 20.9. The van der Waals surface area contributed by atoms with Crippen molar-refractivity contribution in [1.82, 2.24) is 4.90 Å². The van der Waals surface area contributed by atoms with Gasteiger partial charge >= 0.3 is 5.97 Å². The zero-order valence-electron chi connectivity index (χ0n) is 11.2. The lowest BCUT2D eigenvalue weighted by molar-refractivity contribution is -0.148. The van der Waals surface area contributed by atoms with Gasteiger partial charge in [0.2, 0.25) is 0 Å². The minimum absolute atomic E-state index is 0.279. The van der Waals surface area contributed by atoms with Crippen LogP contribution in [0.15, 0.2) is 0 Å². The van der Waals surface area contributed by atoms with Gasteiger partial charge < -0.3 is 5.11 Å². The lowest BCUT2D eigenvalue weighted by Crippen LogP contribution is -2.58. The van der Waals surface area contributed by atoms with Crippen molar-refractivity contribution >= 4 is 5.97 Å². The fraction of sp³-hybridized carbons (Fsp3) is 0.923. The summed E-state index contributed by atoms with van der Waals surface area (Å²) in [5, 5.41) is 9.20. The van der Waals surface area contributed by atoms with Gasteiger partial charge in [0.1, 0.15) is 6.04 Å². The number of likely N-dealkylation sites (tertiary alicyclic amines) is 1. The van der Waals surface area contributed by atoms with Crippen molar-refractivity contribution in [2.75, 3.05) is 13.1 Å². The molecule has 0 aromatic heterocycles. The monoisotopic (exact) mass is 227 g/mol. The third-order valence-corrected chi connectivity index (χ3v) is 3.56. The molecule has 94 valence electrons. The molecule has 1 fully saturated rings. The molecule has 1 aliphatic rings. The van der Waals surface area contributed by atoms with Gasteiger partial charge in [-0.1, -0.05) is 34.6 Å². The fourth-order valence-electron chi connectivity index (χ4n) is 2.17. The largest absolute Gasteiger partial charge is 0.480 e. The fourth-order valence-corrected chi connectivity index (χ4v) is 2.17. The molecule has 1 N–H and O–H groups in total. The number of hydrogen-bond acceptors (Lipinski definition) is 2. The minimum Gasteiger partial charge on any atom is -0.480 e. The first kappa shape index (κ1) is 13.5. The highest BCUT2D eigenvalue weighted by molar-refractivity contribution is 5.73. The second-order valence-electron chi connectivity index (χ2n) is 6.50. The Balaban J connectivity index is 2.49. The molecular weight excluding hydrogens is 202 g/mol. The molecule has 0 aliphatic carbocycles. The van der Waals surface area contributed by atoms with Gasteiger partial charge in [-0.15, -0.1) is 0 Å². The van der Waals surface area contributed by atoms with Gasteiger partial charge in [-0.2, -0.15) is 0 Å². The number of rotatable bonds is 4. The Morgan fingerprint density at radius 1 is 1.38 bits per heavy atom. The average molecular weight is 227 g/mol. The van der Waals surface area contributed by atoms with Crippen molar-refractivity contribution in [3.05, 3.63) is 0 Å². The van der Waals surface area contributed by atoms with E-state index in [0.29, 0.717) is 17.3 Å². The summed E-state index contributed by atoms with van der Waals surface area (Å²) in [6, 6.07) is -0.279. The van der Waals surface area contributed by atoms with Crippen LogP contribution in [0.3, 0.4) is 0 Å². The molecule has 1 atom stereocenters. The van der Waals surface area contributed by atoms with Crippen LogP contribution >= 0.6 is 0 Å². The third-order valence-electron chi connectivity index (χ3n) is 3.56. The van der Waals surface area contributed by atoms with E-state index >= 15 is 0 Å². The maximum absolute atomic E-state index is 11.2. The van der Waals surface area contributed by atoms with E-state index in [0.717, 1.165) is 19.5 Å². The predicted molar refractivity (Wildman–Crippen MR) is 65.4 cm³/mol.